The largest absolute Gasteiger partial charge is 0.353 e. The van der Waals surface area contributed by atoms with Gasteiger partial charge in [0.1, 0.15) is 5.82 Å². The number of piperidine rings is 1. The number of carbonyl (C=O) groups is 1. The van der Waals surface area contributed by atoms with E-state index in [0.29, 0.717) is 6.04 Å². The van der Waals surface area contributed by atoms with Gasteiger partial charge in [0.05, 0.1) is 17.6 Å². The second-order valence-electron chi connectivity index (χ2n) is 8.10. The number of benzene rings is 1. The molecule has 1 aromatic carbocycles. The number of aromatic nitrogens is 2. The van der Waals surface area contributed by atoms with Crippen LogP contribution < -0.4 is 5.32 Å². The Hall–Kier alpha value is -1.88. The number of rotatable bonds is 4. The summed E-state index contributed by atoms with van der Waals surface area (Å²) >= 11 is 0. The molecule has 1 aliphatic heterocycles. The molecular formula is C21H30N4O. The van der Waals surface area contributed by atoms with E-state index >= 15 is 0 Å². The fraction of sp³-hybridized carbons (Fsp3) is 0.619. The summed E-state index contributed by atoms with van der Waals surface area (Å²) in [6.45, 7) is 4.88. The van der Waals surface area contributed by atoms with Gasteiger partial charge in [-0.3, -0.25) is 9.69 Å². The number of carbonyl (C=O) groups excluding carboxylic acids is 1. The summed E-state index contributed by atoms with van der Waals surface area (Å²) in [5, 5.41) is 3.30. The van der Waals surface area contributed by atoms with Crippen LogP contribution in [-0.2, 0) is 11.3 Å². The highest BCUT2D eigenvalue weighted by Crippen LogP contribution is 2.22. The van der Waals surface area contributed by atoms with Crippen LogP contribution in [0.3, 0.4) is 0 Å². The lowest BCUT2D eigenvalue weighted by Crippen LogP contribution is -2.44. The van der Waals surface area contributed by atoms with Gasteiger partial charge in [-0.25, -0.2) is 4.98 Å². The van der Waals surface area contributed by atoms with Crippen LogP contribution in [0.25, 0.3) is 11.0 Å². The van der Waals surface area contributed by atoms with Gasteiger partial charge in [-0.15, -0.1) is 0 Å². The predicted octanol–water partition coefficient (Wildman–Crippen LogP) is 3.53. The molecule has 5 nitrogen and oxygen atoms in total. The number of hydrogen-bond acceptors (Lipinski definition) is 3. The summed E-state index contributed by atoms with van der Waals surface area (Å²) in [4.78, 5) is 23.1. The van der Waals surface area contributed by atoms with E-state index in [-0.39, 0.29) is 11.8 Å². The Bertz CT molecular complexity index is 754. The van der Waals surface area contributed by atoms with Crippen molar-refractivity contribution in [1.29, 1.82) is 0 Å². The molecule has 2 fully saturated rings. The standard InChI is InChI=1S/C21H30N4O/c1-15-7-8-18-19(13-15)24-20(23-18)14-25-11-9-16(10-12-25)21(26)22-17-5-3-2-4-6-17/h7-8,13,16-17H,2-6,9-12,14H2,1H3,(H,22,26)(H,23,24). The van der Waals surface area contributed by atoms with Crippen molar-refractivity contribution in [1.82, 2.24) is 20.2 Å². The van der Waals surface area contributed by atoms with Crippen LogP contribution in [0.15, 0.2) is 18.2 Å². The third-order valence-corrected chi connectivity index (χ3v) is 5.97. The van der Waals surface area contributed by atoms with Crippen LogP contribution in [-0.4, -0.2) is 39.9 Å². The van der Waals surface area contributed by atoms with E-state index in [2.05, 4.69) is 40.3 Å². The van der Waals surface area contributed by atoms with Crippen molar-refractivity contribution in [3.63, 3.8) is 0 Å². The molecule has 1 amide bonds. The summed E-state index contributed by atoms with van der Waals surface area (Å²) in [5.41, 5.74) is 3.39. The van der Waals surface area contributed by atoms with Crippen LogP contribution in [0.5, 0.6) is 0 Å². The van der Waals surface area contributed by atoms with Crippen molar-refractivity contribution >= 4 is 16.9 Å². The van der Waals surface area contributed by atoms with E-state index in [1.54, 1.807) is 0 Å². The van der Waals surface area contributed by atoms with Crippen molar-refractivity contribution in [3.8, 4) is 0 Å². The first kappa shape index (κ1) is 17.5. The zero-order chi connectivity index (χ0) is 17.9. The number of hydrogen-bond donors (Lipinski definition) is 2. The molecule has 0 atom stereocenters. The smallest absolute Gasteiger partial charge is 0.223 e. The Kier molecular flexibility index (Phi) is 5.25. The molecule has 2 aliphatic rings. The highest BCUT2D eigenvalue weighted by atomic mass is 16.1. The maximum atomic E-state index is 12.5. The quantitative estimate of drug-likeness (QED) is 0.883. The first-order valence-corrected chi connectivity index (χ1v) is 10.2. The van der Waals surface area contributed by atoms with Crippen molar-refractivity contribution < 1.29 is 4.79 Å². The van der Waals surface area contributed by atoms with Crippen LogP contribution in [0.2, 0.25) is 0 Å². The highest BCUT2D eigenvalue weighted by Gasteiger charge is 2.27. The number of H-pyrrole nitrogens is 1. The van der Waals surface area contributed by atoms with Gasteiger partial charge in [0.2, 0.25) is 5.91 Å². The van der Waals surface area contributed by atoms with E-state index in [1.807, 2.05) is 0 Å². The summed E-state index contributed by atoms with van der Waals surface area (Å²) in [6.07, 6.45) is 8.09. The normalized spacial score (nSPS) is 20.5. The number of likely N-dealkylation sites (tertiary alicyclic amines) is 1. The Morgan fingerprint density at radius 3 is 2.73 bits per heavy atom. The van der Waals surface area contributed by atoms with Gasteiger partial charge >= 0.3 is 0 Å². The first-order valence-electron chi connectivity index (χ1n) is 10.2. The molecule has 0 bridgehead atoms. The van der Waals surface area contributed by atoms with E-state index in [9.17, 15) is 4.79 Å². The lowest BCUT2D eigenvalue weighted by atomic mass is 9.92. The Morgan fingerprint density at radius 1 is 1.19 bits per heavy atom. The fourth-order valence-electron chi connectivity index (χ4n) is 4.38. The number of aromatic amines is 1. The first-order chi connectivity index (χ1) is 12.7. The number of imidazole rings is 1. The van der Waals surface area contributed by atoms with Crippen LogP contribution in [0.1, 0.15) is 56.3 Å². The number of nitrogens with one attached hydrogen (secondary N) is 2. The maximum Gasteiger partial charge on any atom is 0.223 e. The van der Waals surface area contributed by atoms with E-state index in [0.717, 1.165) is 62.2 Å². The molecule has 2 N–H and O–H groups in total. The summed E-state index contributed by atoms with van der Waals surface area (Å²) in [5.74, 6) is 1.50. The zero-order valence-corrected chi connectivity index (χ0v) is 15.8. The Balaban J connectivity index is 1.28. The summed E-state index contributed by atoms with van der Waals surface area (Å²) in [7, 11) is 0. The Labute approximate surface area is 155 Å². The molecule has 0 radical (unpaired) electrons. The molecule has 26 heavy (non-hydrogen) atoms. The van der Waals surface area contributed by atoms with E-state index in [4.69, 9.17) is 4.98 Å². The molecule has 5 heteroatoms. The maximum absolute atomic E-state index is 12.5. The number of amides is 1. The molecule has 1 saturated carbocycles. The molecule has 0 spiro atoms. The van der Waals surface area contributed by atoms with Crippen LogP contribution in [0, 0.1) is 12.8 Å². The second kappa shape index (κ2) is 7.78. The molecule has 1 aromatic heterocycles. The molecule has 140 valence electrons. The third kappa shape index (κ3) is 4.09. The van der Waals surface area contributed by atoms with Crippen LogP contribution in [0.4, 0.5) is 0 Å². The van der Waals surface area contributed by atoms with Gasteiger partial charge in [-0.1, -0.05) is 25.3 Å². The summed E-state index contributed by atoms with van der Waals surface area (Å²) in [6, 6.07) is 6.75. The van der Waals surface area contributed by atoms with Gasteiger partial charge < -0.3 is 10.3 Å². The lowest BCUT2D eigenvalue weighted by Gasteiger charge is -2.32. The number of nitrogens with zero attached hydrogens (tertiary/aromatic N) is 2. The van der Waals surface area contributed by atoms with E-state index < -0.39 is 0 Å². The van der Waals surface area contributed by atoms with Gasteiger partial charge in [-0.05, 0) is 63.4 Å². The van der Waals surface area contributed by atoms with Crippen molar-refractivity contribution in [3.05, 3.63) is 29.6 Å². The Morgan fingerprint density at radius 2 is 1.96 bits per heavy atom. The minimum atomic E-state index is 0.187. The fourth-order valence-corrected chi connectivity index (χ4v) is 4.38. The molecular weight excluding hydrogens is 324 g/mol. The highest BCUT2D eigenvalue weighted by molar-refractivity contribution is 5.79. The van der Waals surface area contributed by atoms with Gasteiger partial charge in [0, 0.05) is 12.0 Å². The molecule has 0 unspecified atom stereocenters. The average Bonchev–Trinajstić information content (AvgIpc) is 3.04. The van der Waals surface area contributed by atoms with Crippen LogP contribution >= 0.6 is 0 Å². The average molecular weight is 354 g/mol. The molecule has 1 saturated heterocycles. The monoisotopic (exact) mass is 354 g/mol. The van der Waals surface area contributed by atoms with Gasteiger partial charge in [0.25, 0.3) is 0 Å². The zero-order valence-electron chi connectivity index (χ0n) is 15.8. The van der Waals surface area contributed by atoms with Crippen molar-refractivity contribution in [2.24, 2.45) is 5.92 Å². The van der Waals surface area contributed by atoms with Crippen molar-refractivity contribution in [2.45, 2.75) is 64.5 Å². The minimum absolute atomic E-state index is 0.187. The molecule has 2 heterocycles. The third-order valence-electron chi connectivity index (χ3n) is 5.97. The van der Waals surface area contributed by atoms with Crippen molar-refractivity contribution in [2.75, 3.05) is 13.1 Å². The SMILES string of the molecule is Cc1ccc2nc(CN3CCC(C(=O)NC4CCCCC4)CC3)[nH]c2c1. The molecule has 2 aromatic rings. The topological polar surface area (TPSA) is 61.0 Å². The van der Waals surface area contributed by atoms with E-state index in [1.165, 1.54) is 24.8 Å². The predicted molar refractivity (Wildman–Crippen MR) is 104 cm³/mol. The minimum Gasteiger partial charge on any atom is -0.353 e. The summed E-state index contributed by atoms with van der Waals surface area (Å²) < 4.78 is 0. The lowest BCUT2D eigenvalue weighted by molar-refractivity contribution is -0.127. The molecule has 4 rings (SSSR count). The number of aryl methyl sites for hydroxylation is 1. The molecule has 1 aliphatic carbocycles. The number of fused-ring (bicyclic) bond motifs is 1. The van der Waals surface area contributed by atoms with Gasteiger partial charge in [0.15, 0.2) is 0 Å². The van der Waals surface area contributed by atoms with Gasteiger partial charge in [-0.2, -0.15) is 0 Å². The second-order valence-corrected chi connectivity index (χ2v) is 8.10.